The van der Waals surface area contributed by atoms with E-state index in [-0.39, 0.29) is 18.1 Å². The van der Waals surface area contributed by atoms with Crippen LogP contribution in [0.15, 0.2) is 70.5 Å². The number of hydrogen-bond donors (Lipinski definition) is 2. The van der Waals surface area contributed by atoms with Gasteiger partial charge in [0.05, 0.1) is 17.5 Å². The molecule has 0 atom stereocenters. The van der Waals surface area contributed by atoms with Gasteiger partial charge in [0.25, 0.3) is 0 Å². The van der Waals surface area contributed by atoms with Crippen LogP contribution in [-0.2, 0) is 21.2 Å². The molecular weight excluding hydrogens is 465 g/mol. The van der Waals surface area contributed by atoms with Crippen LogP contribution in [0.25, 0.3) is 22.6 Å². The van der Waals surface area contributed by atoms with Gasteiger partial charge in [-0.15, -0.1) is 11.3 Å². The van der Waals surface area contributed by atoms with Gasteiger partial charge in [-0.05, 0) is 36.4 Å². The van der Waals surface area contributed by atoms with Gasteiger partial charge in [-0.25, -0.2) is 17.8 Å². The second-order valence-electron chi connectivity index (χ2n) is 7.28. The molecule has 0 aliphatic rings. The number of carbonyl (C=O) groups excluding carboxylic acids is 1. The lowest BCUT2D eigenvalue weighted by atomic mass is 10.1. The number of rotatable bonds is 8. The molecule has 2 heterocycles. The molecule has 0 saturated carbocycles. The maximum atomic E-state index is 13.9. The van der Waals surface area contributed by atoms with Crippen molar-refractivity contribution in [2.45, 2.75) is 12.8 Å². The average Bonchev–Trinajstić information content (AvgIpc) is 3.42. The van der Waals surface area contributed by atoms with E-state index < -0.39 is 10.0 Å². The molecule has 0 spiro atoms. The fourth-order valence-corrected chi connectivity index (χ4v) is 4.42. The summed E-state index contributed by atoms with van der Waals surface area (Å²) < 4.78 is 44.6. The number of aromatic nitrogens is 1. The highest BCUT2D eigenvalue weighted by molar-refractivity contribution is 7.92. The number of carbonyl (C=O) groups is 1. The van der Waals surface area contributed by atoms with E-state index in [0.29, 0.717) is 40.0 Å². The number of aryl methyl sites for hydroxylation is 1. The third kappa shape index (κ3) is 6.05. The van der Waals surface area contributed by atoms with Crippen LogP contribution in [0.2, 0.25) is 0 Å². The number of nitrogens with zero attached hydrogens (tertiary/aromatic N) is 1. The topological polar surface area (TPSA) is 101 Å². The normalized spacial score (nSPS) is 11.3. The minimum atomic E-state index is -3.34. The fraction of sp³-hybridized carbons (Fsp3) is 0.130. The van der Waals surface area contributed by atoms with Gasteiger partial charge in [-0.1, -0.05) is 24.3 Å². The summed E-state index contributed by atoms with van der Waals surface area (Å²) in [6.45, 7) is 0. The Morgan fingerprint density at radius 3 is 2.58 bits per heavy atom. The van der Waals surface area contributed by atoms with E-state index >= 15 is 0 Å². The highest BCUT2D eigenvalue weighted by Crippen LogP contribution is 2.27. The van der Waals surface area contributed by atoms with Gasteiger partial charge in [0, 0.05) is 29.5 Å². The van der Waals surface area contributed by atoms with Crippen molar-refractivity contribution >= 4 is 38.1 Å². The van der Waals surface area contributed by atoms with E-state index in [9.17, 15) is 17.6 Å². The Morgan fingerprint density at radius 1 is 1.09 bits per heavy atom. The molecule has 10 heteroatoms. The maximum absolute atomic E-state index is 13.9. The van der Waals surface area contributed by atoms with Gasteiger partial charge in [0.1, 0.15) is 17.3 Å². The van der Waals surface area contributed by atoms with Crippen LogP contribution in [0.3, 0.4) is 0 Å². The van der Waals surface area contributed by atoms with Crippen LogP contribution in [0.1, 0.15) is 12.2 Å². The first kappa shape index (κ1) is 22.7. The summed E-state index contributed by atoms with van der Waals surface area (Å²) in [6.07, 6.45) is 1.64. The van der Waals surface area contributed by atoms with Gasteiger partial charge >= 0.3 is 0 Å². The van der Waals surface area contributed by atoms with E-state index in [0.717, 1.165) is 11.8 Å². The second-order valence-corrected chi connectivity index (χ2v) is 9.89. The zero-order valence-corrected chi connectivity index (χ0v) is 19.2. The van der Waals surface area contributed by atoms with Crippen molar-refractivity contribution in [3.05, 3.63) is 77.6 Å². The summed E-state index contributed by atoms with van der Waals surface area (Å²) in [5, 5.41) is 5.03. The lowest BCUT2D eigenvalue weighted by molar-refractivity contribution is -0.116. The lowest BCUT2D eigenvalue weighted by Gasteiger charge is -2.04. The van der Waals surface area contributed by atoms with E-state index in [1.54, 1.807) is 54.6 Å². The summed E-state index contributed by atoms with van der Waals surface area (Å²) in [5.41, 5.74) is 2.30. The monoisotopic (exact) mass is 485 g/mol. The number of anilines is 2. The van der Waals surface area contributed by atoms with Crippen molar-refractivity contribution in [3.8, 4) is 22.6 Å². The van der Waals surface area contributed by atoms with Crippen molar-refractivity contribution in [3.63, 3.8) is 0 Å². The van der Waals surface area contributed by atoms with Crippen molar-refractivity contribution in [2.24, 2.45) is 0 Å². The Bertz CT molecular complexity index is 1380. The molecule has 1 amide bonds. The van der Waals surface area contributed by atoms with Crippen LogP contribution in [0.5, 0.6) is 0 Å². The number of halogens is 1. The SMILES string of the molecule is CS(=O)(=O)Nc1ccc(-c2csc(NC(=O)CCc3ccc(-c4ccccc4F)o3)n2)cc1. The highest BCUT2D eigenvalue weighted by atomic mass is 32.2. The molecule has 0 aliphatic heterocycles. The van der Waals surface area contributed by atoms with E-state index in [1.165, 1.54) is 17.4 Å². The van der Waals surface area contributed by atoms with Crippen LogP contribution < -0.4 is 10.0 Å². The summed E-state index contributed by atoms with van der Waals surface area (Å²) in [5.74, 6) is 0.432. The first-order valence-electron chi connectivity index (χ1n) is 9.94. The number of amides is 1. The summed E-state index contributed by atoms with van der Waals surface area (Å²) in [6, 6.07) is 16.6. The van der Waals surface area contributed by atoms with Crippen molar-refractivity contribution < 1.29 is 22.0 Å². The van der Waals surface area contributed by atoms with Gasteiger partial charge in [-0.2, -0.15) is 0 Å². The zero-order valence-electron chi connectivity index (χ0n) is 17.5. The molecule has 7 nitrogen and oxygen atoms in total. The number of hydrogen-bond acceptors (Lipinski definition) is 6. The molecule has 2 aromatic heterocycles. The quantitative estimate of drug-likeness (QED) is 0.359. The minimum Gasteiger partial charge on any atom is -0.461 e. The molecule has 33 heavy (non-hydrogen) atoms. The Morgan fingerprint density at radius 2 is 1.85 bits per heavy atom. The van der Waals surface area contributed by atoms with Crippen LogP contribution in [0, 0.1) is 5.82 Å². The summed E-state index contributed by atoms with van der Waals surface area (Å²) in [7, 11) is -3.34. The highest BCUT2D eigenvalue weighted by Gasteiger charge is 2.12. The smallest absolute Gasteiger partial charge is 0.229 e. The summed E-state index contributed by atoms with van der Waals surface area (Å²) >= 11 is 1.29. The predicted molar refractivity (Wildman–Crippen MR) is 127 cm³/mol. The molecule has 0 bridgehead atoms. The molecule has 0 aliphatic carbocycles. The Balaban J connectivity index is 1.32. The Labute approximate surface area is 194 Å². The fourth-order valence-electron chi connectivity index (χ4n) is 3.12. The molecule has 2 aromatic carbocycles. The molecular formula is C23H20FN3O4S2. The zero-order chi connectivity index (χ0) is 23.4. The molecule has 4 aromatic rings. The largest absolute Gasteiger partial charge is 0.461 e. The molecule has 4 rings (SSSR count). The van der Waals surface area contributed by atoms with Gasteiger partial charge in [0.2, 0.25) is 15.9 Å². The number of thiazole rings is 1. The average molecular weight is 486 g/mol. The standard InChI is InChI=1S/C23H20FN3O4S2/c1-33(29,30)27-16-8-6-15(7-9-16)20-14-32-23(25-20)26-22(28)13-11-17-10-12-21(31-17)18-4-2-3-5-19(18)24/h2-10,12,14,27H,11,13H2,1H3,(H,25,26,28). The lowest BCUT2D eigenvalue weighted by Crippen LogP contribution is -2.11. The molecule has 170 valence electrons. The minimum absolute atomic E-state index is 0.186. The number of benzene rings is 2. The number of furan rings is 1. The number of nitrogens with one attached hydrogen (secondary N) is 2. The Hall–Kier alpha value is -3.50. The first-order chi connectivity index (χ1) is 15.8. The molecule has 0 saturated heterocycles. The predicted octanol–water partition coefficient (Wildman–Crippen LogP) is 5.15. The first-order valence-corrected chi connectivity index (χ1v) is 12.7. The third-order valence-corrected chi connectivity index (χ3v) is 6.00. The number of sulfonamides is 1. The maximum Gasteiger partial charge on any atom is 0.229 e. The van der Waals surface area contributed by atoms with Gasteiger partial charge in [0.15, 0.2) is 5.13 Å². The Kier molecular flexibility index (Phi) is 6.57. The van der Waals surface area contributed by atoms with Crippen LogP contribution in [0.4, 0.5) is 15.2 Å². The molecule has 0 unspecified atom stereocenters. The molecule has 2 N–H and O–H groups in total. The van der Waals surface area contributed by atoms with Gasteiger partial charge < -0.3 is 9.73 Å². The second kappa shape index (κ2) is 9.55. The van der Waals surface area contributed by atoms with Crippen molar-refractivity contribution in [1.29, 1.82) is 0 Å². The van der Waals surface area contributed by atoms with Crippen LogP contribution >= 0.6 is 11.3 Å². The van der Waals surface area contributed by atoms with Crippen molar-refractivity contribution in [2.75, 3.05) is 16.3 Å². The van der Waals surface area contributed by atoms with E-state index in [4.69, 9.17) is 4.42 Å². The van der Waals surface area contributed by atoms with E-state index in [1.807, 2.05) is 5.38 Å². The van der Waals surface area contributed by atoms with E-state index in [2.05, 4.69) is 15.0 Å². The summed E-state index contributed by atoms with van der Waals surface area (Å²) in [4.78, 5) is 16.7. The molecule has 0 fully saturated rings. The van der Waals surface area contributed by atoms with Crippen LogP contribution in [-0.4, -0.2) is 25.6 Å². The molecule has 0 radical (unpaired) electrons. The third-order valence-electron chi connectivity index (χ3n) is 4.63. The van der Waals surface area contributed by atoms with Gasteiger partial charge in [-0.3, -0.25) is 9.52 Å². The van der Waals surface area contributed by atoms with Crippen molar-refractivity contribution in [1.82, 2.24) is 4.98 Å².